The van der Waals surface area contributed by atoms with E-state index >= 15 is 0 Å². The first-order valence-corrected chi connectivity index (χ1v) is 10.2. The predicted molar refractivity (Wildman–Crippen MR) is 116 cm³/mol. The Labute approximate surface area is 173 Å². The first-order chi connectivity index (χ1) is 14.3. The predicted octanol–water partition coefficient (Wildman–Crippen LogP) is 3.68. The van der Waals surface area contributed by atoms with Gasteiger partial charge >= 0.3 is 0 Å². The smallest absolute Gasteiger partial charge is 0.270 e. The summed E-state index contributed by atoms with van der Waals surface area (Å²) in [5, 5.41) is 27.4. The van der Waals surface area contributed by atoms with E-state index in [2.05, 4.69) is 28.6 Å². The van der Waals surface area contributed by atoms with E-state index in [1.54, 1.807) is 12.1 Å². The Morgan fingerprint density at radius 3 is 1.87 bits per heavy atom. The second-order valence-corrected chi connectivity index (χ2v) is 8.15. The Hall–Kier alpha value is -3.04. The number of nitro groups is 2. The van der Waals surface area contributed by atoms with Crippen molar-refractivity contribution in [3.05, 3.63) is 56.6 Å². The summed E-state index contributed by atoms with van der Waals surface area (Å²) in [6.45, 7) is 8.09. The number of rotatable bonds is 6. The van der Waals surface area contributed by atoms with Crippen LogP contribution < -0.4 is 5.32 Å². The molecule has 30 heavy (non-hydrogen) atoms. The van der Waals surface area contributed by atoms with E-state index in [9.17, 15) is 20.2 Å². The third-order valence-electron chi connectivity index (χ3n) is 5.74. The molecule has 158 valence electrons. The van der Waals surface area contributed by atoms with E-state index in [1.165, 1.54) is 24.3 Å². The highest BCUT2D eigenvalue weighted by molar-refractivity contribution is 6.09. The maximum atomic E-state index is 11.2. The molecule has 1 aliphatic heterocycles. The number of fused-ring (bicyclic) bond motifs is 3. The number of nitrogens with one attached hydrogen (secondary N) is 1. The quantitative estimate of drug-likeness (QED) is 0.490. The number of benzene rings is 2. The summed E-state index contributed by atoms with van der Waals surface area (Å²) in [7, 11) is 0. The monoisotopic (exact) mass is 411 g/mol. The molecule has 1 aliphatic rings. The van der Waals surface area contributed by atoms with Gasteiger partial charge in [-0.3, -0.25) is 20.2 Å². The van der Waals surface area contributed by atoms with Gasteiger partial charge in [-0.05, 0) is 38.9 Å². The van der Waals surface area contributed by atoms with Crippen LogP contribution in [0.2, 0.25) is 0 Å². The Bertz CT molecular complexity index is 1040. The molecule has 0 amide bonds. The molecular formula is C21H25N5O4. The van der Waals surface area contributed by atoms with Crippen molar-refractivity contribution in [2.75, 3.05) is 19.6 Å². The topological polar surface area (TPSA) is 106 Å². The van der Waals surface area contributed by atoms with Gasteiger partial charge < -0.3 is 14.8 Å². The normalized spacial score (nSPS) is 20.1. The molecule has 4 rings (SSSR count). The Balaban J connectivity index is 1.67. The summed E-state index contributed by atoms with van der Waals surface area (Å²) in [5.74, 6) is 0. The minimum absolute atomic E-state index is 0.0168. The first-order valence-electron chi connectivity index (χ1n) is 10.2. The van der Waals surface area contributed by atoms with E-state index in [1.807, 2.05) is 0 Å². The molecule has 0 saturated carbocycles. The highest BCUT2D eigenvalue weighted by atomic mass is 16.6. The van der Waals surface area contributed by atoms with Crippen molar-refractivity contribution < 1.29 is 9.85 Å². The number of aryl methyl sites for hydroxylation is 1. The first kappa shape index (κ1) is 20.2. The lowest BCUT2D eigenvalue weighted by Gasteiger charge is -2.36. The maximum Gasteiger partial charge on any atom is 0.270 e. The van der Waals surface area contributed by atoms with Crippen LogP contribution in [0.25, 0.3) is 21.8 Å². The summed E-state index contributed by atoms with van der Waals surface area (Å²) >= 11 is 0. The second-order valence-electron chi connectivity index (χ2n) is 8.15. The minimum atomic E-state index is -0.438. The van der Waals surface area contributed by atoms with Crippen molar-refractivity contribution in [2.45, 2.75) is 38.9 Å². The van der Waals surface area contributed by atoms with Crippen molar-refractivity contribution in [3.63, 3.8) is 0 Å². The van der Waals surface area contributed by atoms with Crippen molar-refractivity contribution in [1.29, 1.82) is 0 Å². The standard InChI is InChI=1S/C21H25N5O4/c1-14-12-23(13-15(2)22-14)8-3-9-24-20-6-4-16(25(27)28)10-18(20)19-11-17(26(29)30)5-7-21(19)24/h4-7,10-11,14-15,22H,3,8-9,12-13H2,1-2H3/t14-,15-/m0/s1. The van der Waals surface area contributed by atoms with Gasteiger partial charge in [0.05, 0.1) is 9.85 Å². The number of hydrogen-bond acceptors (Lipinski definition) is 6. The molecule has 0 unspecified atom stereocenters. The number of non-ortho nitro benzene ring substituents is 2. The van der Waals surface area contributed by atoms with Crippen molar-refractivity contribution >= 4 is 33.2 Å². The SMILES string of the molecule is C[C@H]1CN(CCCn2c3ccc([N+](=O)[O-])cc3c3cc([N+](=O)[O-])ccc32)C[C@H](C)N1. The summed E-state index contributed by atoms with van der Waals surface area (Å²) in [4.78, 5) is 24.1. The number of hydrogen-bond donors (Lipinski definition) is 1. The highest BCUT2D eigenvalue weighted by Crippen LogP contribution is 2.34. The van der Waals surface area contributed by atoms with Gasteiger partial charge in [0.1, 0.15) is 0 Å². The Kier molecular flexibility index (Phi) is 5.40. The average molecular weight is 411 g/mol. The minimum Gasteiger partial charge on any atom is -0.340 e. The summed E-state index contributed by atoms with van der Waals surface area (Å²) in [6, 6.07) is 10.4. The lowest BCUT2D eigenvalue weighted by atomic mass is 10.1. The van der Waals surface area contributed by atoms with Crippen LogP contribution in [0.5, 0.6) is 0 Å². The lowest BCUT2D eigenvalue weighted by molar-refractivity contribution is -0.385. The molecule has 1 N–H and O–H groups in total. The largest absolute Gasteiger partial charge is 0.340 e. The van der Waals surface area contributed by atoms with Crippen molar-refractivity contribution in [1.82, 2.24) is 14.8 Å². The number of nitrogens with zero attached hydrogens (tertiary/aromatic N) is 4. The van der Waals surface area contributed by atoms with Crippen LogP contribution in [0.15, 0.2) is 36.4 Å². The number of nitro benzene ring substituents is 2. The fraction of sp³-hybridized carbons (Fsp3) is 0.429. The molecule has 9 nitrogen and oxygen atoms in total. The molecule has 2 atom stereocenters. The molecule has 0 radical (unpaired) electrons. The molecule has 3 aromatic rings. The van der Waals surface area contributed by atoms with Crippen LogP contribution in [0.3, 0.4) is 0 Å². The zero-order chi connectivity index (χ0) is 21.4. The van der Waals surface area contributed by atoms with E-state index in [0.717, 1.165) is 43.6 Å². The lowest BCUT2D eigenvalue weighted by Crippen LogP contribution is -2.54. The van der Waals surface area contributed by atoms with E-state index in [4.69, 9.17) is 0 Å². The molecule has 1 aromatic heterocycles. The summed E-state index contributed by atoms with van der Waals surface area (Å²) in [6.07, 6.45) is 0.923. The summed E-state index contributed by atoms with van der Waals surface area (Å²) < 4.78 is 2.12. The average Bonchev–Trinajstić information content (AvgIpc) is 3.00. The molecule has 2 heterocycles. The Morgan fingerprint density at radius 2 is 1.40 bits per heavy atom. The van der Waals surface area contributed by atoms with Gasteiger partial charge in [-0.2, -0.15) is 0 Å². The molecule has 2 aromatic carbocycles. The molecule has 1 saturated heterocycles. The molecular weight excluding hydrogens is 386 g/mol. The fourth-order valence-electron chi connectivity index (χ4n) is 4.62. The zero-order valence-electron chi connectivity index (χ0n) is 17.1. The van der Waals surface area contributed by atoms with Gasteiger partial charge in [0, 0.05) is 77.8 Å². The van der Waals surface area contributed by atoms with E-state index in [0.29, 0.717) is 22.9 Å². The van der Waals surface area contributed by atoms with Crippen LogP contribution in [-0.4, -0.2) is 51.0 Å². The van der Waals surface area contributed by atoms with Crippen LogP contribution in [0.4, 0.5) is 11.4 Å². The van der Waals surface area contributed by atoms with Crippen LogP contribution in [-0.2, 0) is 6.54 Å². The molecule has 9 heteroatoms. The highest BCUT2D eigenvalue weighted by Gasteiger charge is 2.21. The molecule has 0 bridgehead atoms. The van der Waals surface area contributed by atoms with Crippen LogP contribution in [0.1, 0.15) is 20.3 Å². The van der Waals surface area contributed by atoms with E-state index in [-0.39, 0.29) is 11.4 Å². The maximum absolute atomic E-state index is 11.2. The van der Waals surface area contributed by atoms with Gasteiger partial charge in [0.15, 0.2) is 0 Å². The van der Waals surface area contributed by atoms with Crippen LogP contribution >= 0.6 is 0 Å². The third kappa shape index (κ3) is 3.86. The Morgan fingerprint density at radius 1 is 0.900 bits per heavy atom. The number of aromatic nitrogens is 1. The second kappa shape index (κ2) is 8.00. The summed E-state index contributed by atoms with van der Waals surface area (Å²) in [5.41, 5.74) is 1.69. The van der Waals surface area contributed by atoms with Gasteiger partial charge in [-0.25, -0.2) is 0 Å². The molecule has 0 spiro atoms. The molecule has 0 aliphatic carbocycles. The van der Waals surface area contributed by atoms with Gasteiger partial charge in [-0.1, -0.05) is 0 Å². The van der Waals surface area contributed by atoms with Gasteiger partial charge in [-0.15, -0.1) is 0 Å². The van der Waals surface area contributed by atoms with Gasteiger partial charge in [0.2, 0.25) is 0 Å². The van der Waals surface area contributed by atoms with E-state index < -0.39 is 9.85 Å². The molecule has 1 fully saturated rings. The fourth-order valence-corrected chi connectivity index (χ4v) is 4.62. The zero-order valence-corrected chi connectivity index (χ0v) is 17.1. The van der Waals surface area contributed by atoms with Crippen LogP contribution in [0, 0.1) is 20.2 Å². The number of piperazine rings is 1. The van der Waals surface area contributed by atoms with Crippen molar-refractivity contribution in [2.24, 2.45) is 0 Å². The third-order valence-corrected chi connectivity index (χ3v) is 5.74. The van der Waals surface area contributed by atoms with Crippen molar-refractivity contribution in [3.8, 4) is 0 Å². The van der Waals surface area contributed by atoms with Gasteiger partial charge in [0.25, 0.3) is 11.4 Å².